The van der Waals surface area contributed by atoms with Crippen LogP contribution in [0.2, 0.25) is 0 Å². The van der Waals surface area contributed by atoms with Gasteiger partial charge in [0.2, 0.25) is 0 Å². The number of nitrogens with zero attached hydrogens (tertiary/aromatic N) is 1. The van der Waals surface area contributed by atoms with Gasteiger partial charge in [-0.3, -0.25) is 13.8 Å². The fraction of sp³-hybridized carbons (Fsp3) is 0.214. The Kier molecular flexibility index (Phi) is 8.68. The Morgan fingerprint density at radius 3 is 2.43 bits per heavy atom. The fourth-order valence-corrected chi connectivity index (χ4v) is 5.55. The van der Waals surface area contributed by atoms with E-state index in [1.165, 1.54) is 6.08 Å². The Morgan fingerprint density at radius 1 is 1.08 bits per heavy atom. The number of carbonyl (C=O) groups excluding carboxylic acids is 1. The highest BCUT2D eigenvalue weighted by Gasteiger charge is 2.41. The molecule has 0 spiro atoms. The predicted molar refractivity (Wildman–Crippen MR) is 146 cm³/mol. The molecule has 3 atom stereocenters. The Bertz CT molecular complexity index is 1310. The molecule has 3 aromatic carbocycles. The van der Waals surface area contributed by atoms with Gasteiger partial charge in [0.25, 0.3) is 5.91 Å². The topological polar surface area (TPSA) is 93.1 Å². The lowest BCUT2D eigenvalue weighted by atomic mass is 10.1. The molecule has 37 heavy (non-hydrogen) atoms. The normalized spacial score (nSPS) is 19.1. The Hall–Kier alpha value is -3.56. The molecule has 1 saturated heterocycles. The van der Waals surface area contributed by atoms with Gasteiger partial charge in [0.1, 0.15) is 17.6 Å². The number of ether oxygens (including phenoxy) is 2. The van der Waals surface area contributed by atoms with Crippen LogP contribution < -0.4 is 9.47 Å². The molecule has 3 aromatic rings. The monoisotopic (exact) mass is 537 g/mol. The van der Waals surface area contributed by atoms with E-state index in [2.05, 4.69) is 12.6 Å². The molecule has 192 valence electrons. The van der Waals surface area contributed by atoms with E-state index < -0.39 is 33.9 Å². The molecule has 4 rings (SSSR count). The number of carboxylic acids is 1. The third kappa shape index (κ3) is 6.61. The molecule has 0 aliphatic carbocycles. The molecule has 0 saturated carbocycles. The van der Waals surface area contributed by atoms with Crippen LogP contribution in [0.4, 0.5) is 0 Å². The van der Waals surface area contributed by atoms with Gasteiger partial charge >= 0.3 is 5.97 Å². The van der Waals surface area contributed by atoms with E-state index in [-0.39, 0.29) is 11.0 Å². The van der Waals surface area contributed by atoms with Crippen LogP contribution in [-0.2, 0) is 26.8 Å². The average molecular weight is 538 g/mol. The van der Waals surface area contributed by atoms with E-state index in [1.54, 1.807) is 18.2 Å². The first-order chi connectivity index (χ1) is 17.8. The van der Waals surface area contributed by atoms with Gasteiger partial charge < -0.3 is 19.5 Å². The number of rotatable bonds is 10. The summed E-state index contributed by atoms with van der Waals surface area (Å²) in [5.74, 6) is -0.809. The van der Waals surface area contributed by atoms with Crippen molar-refractivity contribution in [2.45, 2.75) is 24.2 Å². The van der Waals surface area contributed by atoms with Gasteiger partial charge in [0.05, 0.1) is 17.4 Å². The van der Waals surface area contributed by atoms with Gasteiger partial charge in [-0.2, -0.15) is 0 Å². The maximum atomic E-state index is 12.8. The molecule has 1 N–H and O–H groups in total. The van der Waals surface area contributed by atoms with Crippen molar-refractivity contribution in [2.24, 2.45) is 0 Å². The van der Waals surface area contributed by atoms with Crippen LogP contribution in [0, 0.1) is 0 Å². The predicted octanol–water partition coefficient (Wildman–Crippen LogP) is 4.68. The summed E-state index contributed by atoms with van der Waals surface area (Å²) >= 11 is 4.19. The second-order valence-corrected chi connectivity index (χ2v) is 10.7. The van der Waals surface area contributed by atoms with Gasteiger partial charge in [0, 0.05) is 6.42 Å². The van der Waals surface area contributed by atoms with Crippen molar-refractivity contribution in [2.75, 3.05) is 13.2 Å². The van der Waals surface area contributed by atoms with Crippen LogP contribution >= 0.6 is 12.6 Å². The molecule has 1 aliphatic heterocycles. The van der Waals surface area contributed by atoms with E-state index in [4.69, 9.17) is 14.6 Å². The maximum Gasteiger partial charge on any atom is 0.323 e. The lowest BCUT2D eigenvalue weighted by molar-refractivity contribution is -0.142. The Labute approximate surface area is 223 Å². The summed E-state index contributed by atoms with van der Waals surface area (Å²) in [6, 6.07) is 25.0. The average Bonchev–Trinajstić information content (AvgIpc) is 3.09. The number of carbonyl (C=O) groups is 2. The second kappa shape index (κ2) is 12.1. The quantitative estimate of drug-likeness (QED) is 0.288. The van der Waals surface area contributed by atoms with Crippen molar-refractivity contribution in [1.82, 2.24) is 4.90 Å². The van der Waals surface area contributed by atoms with Crippen molar-refractivity contribution in [3.8, 4) is 11.5 Å². The summed E-state index contributed by atoms with van der Waals surface area (Å²) in [5, 5.41) is 9.08. The molecular formula is C28H27NO6S2. The first-order valence-corrected chi connectivity index (χ1v) is 13.4. The van der Waals surface area contributed by atoms with Crippen molar-refractivity contribution in [3.63, 3.8) is 0 Å². The fourth-order valence-electron chi connectivity index (χ4n) is 3.86. The van der Waals surface area contributed by atoms with Crippen LogP contribution in [0.5, 0.6) is 11.5 Å². The molecule has 1 aliphatic rings. The summed E-state index contributed by atoms with van der Waals surface area (Å²) in [6.45, 7) is 1.79. The van der Waals surface area contributed by atoms with Crippen LogP contribution in [-0.4, -0.2) is 43.9 Å². The molecule has 1 heterocycles. The zero-order valence-electron chi connectivity index (χ0n) is 20.2. The number of carboxylic acid groups (broad SMARTS) is 1. The molecule has 1 fully saturated rings. The van der Waals surface area contributed by atoms with Gasteiger partial charge in [-0.15, -0.1) is 12.6 Å². The molecule has 0 bridgehead atoms. The molecule has 7 nitrogen and oxygen atoms in total. The van der Waals surface area contributed by atoms with Crippen LogP contribution in [0.25, 0.3) is 6.08 Å². The number of hydrogen-bond donors (Lipinski definition) is 2. The number of amides is 1. The molecule has 3 unspecified atom stereocenters. The van der Waals surface area contributed by atoms with Crippen molar-refractivity contribution in [1.29, 1.82) is 0 Å². The largest absolute Gasteiger partial charge is 0.489 e. The van der Waals surface area contributed by atoms with Crippen molar-refractivity contribution < 1.29 is 28.4 Å². The first-order valence-electron chi connectivity index (χ1n) is 11.7. The number of aliphatic carboxylic acids is 1. The van der Waals surface area contributed by atoms with E-state index in [0.717, 1.165) is 22.4 Å². The lowest BCUT2D eigenvalue weighted by Gasteiger charge is -2.19. The van der Waals surface area contributed by atoms with Gasteiger partial charge in [0.15, 0.2) is 16.2 Å². The Morgan fingerprint density at radius 2 is 1.76 bits per heavy atom. The highest BCUT2D eigenvalue weighted by molar-refractivity contribution is 8.04. The van der Waals surface area contributed by atoms with E-state index in [0.29, 0.717) is 23.7 Å². The second-order valence-electron chi connectivity index (χ2n) is 8.42. The van der Waals surface area contributed by atoms with Crippen molar-refractivity contribution >= 4 is 41.4 Å². The highest BCUT2D eigenvalue weighted by Crippen LogP contribution is 2.35. The zero-order chi connectivity index (χ0) is 26.4. The van der Waals surface area contributed by atoms with Crippen LogP contribution in [0.3, 0.4) is 0 Å². The highest BCUT2D eigenvalue weighted by atomic mass is 32.2. The summed E-state index contributed by atoms with van der Waals surface area (Å²) in [5.41, 5.74) is 2.70. The van der Waals surface area contributed by atoms with Crippen molar-refractivity contribution in [3.05, 3.63) is 100 Å². The molecular weight excluding hydrogens is 510 g/mol. The van der Waals surface area contributed by atoms with Crippen LogP contribution in [0.15, 0.2) is 83.8 Å². The van der Waals surface area contributed by atoms with E-state index >= 15 is 0 Å². The summed E-state index contributed by atoms with van der Waals surface area (Å²) < 4.78 is 24.1. The standard InChI is InChI=1S/C28H27NO6S2/c1-19(22-10-6-3-7-11-22)35-24-16-21(12-13-23(24)34-15-14-20-8-4-2-5-9-20)17-25-27(32)29(18-26(30)31)28(36)37(25)33/h2-13,16-17,19,28,36H,14-15,18H2,1H3,(H,30,31)/b25-17-. The first kappa shape index (κ1) is 26.5. The minimum Gasteiger partial charge on any atom is -0.489 e. The van der Waals surface area contributed by atoms with Gasteiger partial charge in [-0.25, -0.2) is 0 Å². The minimum absolute atomic E-state index is 0.0129. The summed E-state index contributed by atoms with van der Waals surface area (Å²) in [6.07, 6.45) is 1.92. The summed E-state index contributed by atoms with van der Waals surface area (Å²) in [4.78, 5) is 24.8. The summed E-state index contributed by atoms with van der Waals surface area (Å²) in [7, 11) is -1.79. The Balaban J connectivity index is 1.60. The number of thiol groups is 1. The van der Waals surface area contributed by atoms with Crippen LogP contribution in [0.1, 0.15) is 29.7 Å². The smallest absolute Gasteiger partial charge is 0.323 e. The van der Waals surface area contributed by atoms with Gasteiger partial charge in [-0.05, 0) is 41.8 Å². The zero-order valence-corrected chi connectivity index (χ0v) is 21.9. The SMILES string of the molecule is CC(Oc1cc(/C=C2/C(=O)N(CC(=O)O)C(S)S2=O)ccc1OCCc1ccccc1)c1ccccc1. The number of hydrogen-bond acceptors (Lipinski definition) is 6. The molecule has 0 aromatic heterocycles. The maximum absolute atomic E-state index is 12.8. The third-order valence-electron chi connectivity index (χ3n) is 5.78. The van der Waals surface area contributed by atoms with E-state index in [9.17, 15) is 13.8 Å². The minimum atomic E-state index is -1.79. The molecule has 0 radical (unpaired) electrons. The molecule has 1 amide bonds. The van der Waals surface area contributed by atoms with Gasteiger partial charge in [-0.1, -0.05) is 66.7 Å². The van der Waals surface area contributed by atoms with E-state index in [1.807, 2.05) is 67.6 Å². The number of benzene rings is 3. The third-order valence-corrected chi connectivity index (χ3v) is 8.00. The molecule has 9 heteroatoms. The lowest BCUT2D eigenvalue weighted by Crippen LogP contribution is -2.35.